The third-order valence-electron chi connectivity index (χ3n) is 2.61. The second-order valence-electron chi connectivity index (χ2n) is 3.66. The van der Waals surface area contributed by atoms with Gasteiger partial charge in [0.05, 0.1) is 5.84 Å². The Balaban J connectivity index is 2.24. The molecule has 1 heterocycles. The summed E-state index contributed by atoms with van der Waals surface area (Å²) in [7, 11) is 0. The van der Waals surface area contributed by atoms with E-state index in [-0.39, 0.29) is 0 Å². The molecular weight excluding hydrogens is 150 g/mol. The largest absolute Gasteiger partial charge is 0.388 e. The lowest BCUT2D eigenvalue weighted by Gasteiger charge is -2.33. The van der Waals surface area contributed by atoms with E-state index in [1.54, 1.807) is 0 Å². The minimum atomic E-state index is 0.313. The first kappa shape index (κ1) is 9.52. The lowest BCUT2D eigenvalue weighted by atomic mass is 10.0. The quantitative estimate of drug-likeness (QED) is 0.492. The molecule has 0 bridgehead atoms. The van der Waals surface area contributed by atoms with E-state index < -0.39 is 0 Å². The second kappa shape index (κ2) is 4.45. The van der Waals surface area contributed by atoms with Gasteiger partial charge in [-0.05, 0) is 26.3 Å². The molecule has 1 rings (SSSR count). The number of nitrogens with zero attached hydrogens (tertiary/aromatic N) is 1. The summed E-state index contributed by atoms with van der Waals surface area (Å²) in [4.78, 5) is 2.44. The van der Waals surface area contributed by atoms with Crippen LogP contribution in [0.3, 0.4) is 0 Å². The van der Waals surface area contributed by atoms with Crippen LogP contribution in [0.15, 0.2) is 0 Å². The Morgan fingerprint density at radius 3 is 2.92 bits per heavy atom. The van der Waals surface area contributed by atoms with E-state index in [2.05, 4.69) is 11.8 Å². The van der Waals surface area contributed by atoms with Crippen LogP contribution in [0.5, 0.6) is 0 Å². The van der Waals surface area contributed by atoms with Gasteiger partial charge in [-0.3, -0.25) is 5.41 Å². The maximum Gasteiger partial charge on any atom is 0.0918 e. The number of amidine groups is 1. The Morgan fingerprint density at radius 1 is 1.58 bits per heavy atom. The van der Waals surface area contributed by atoms with Gasteiger partial charge in [0.1, 0.15) is 0 Å². The summed E-state index contributed by atoms with van der Waals surface area (Å²) in [5, 5.41) is 7.13. The zero-order chi connectivity index (χ0) is 8.97. The fourth-order valence-corrected chi connectivity index (χ4v) is 1.75. The molecule has 1 saturated heterocycles. The van der Waals surface area contributed by atoms with E-state index >= 15 is 0 Å². The molecule has 0 unspecified atom stereocenters. The molecule has 0 radical (unpaired) electrons. The molecule has 3 nitrogen and oxygen atoms in total. The Bertz CT molecular complexity index is 156. The zero-order valence-corrected chi connectivity index (χ0v) is 7.84. The topological polar surface area (TPSA) is 53.1 Å². The number of rotatable bonds is 3. The van der Waals surface area contributed by atoms with Crippen molar-refractivity contribution < 1.29 is 0 Å². The Kier molecular flexibility index (Phi) is 3.53. The van der Waals surface area contributed by atoms with Gasteiger partial charge in [0, 0.05) is 19.0 Å². The van der Waals surface area contributed by atoms with Gasteiger partial charge in [0.25, 0.3) is 0 Å². The highest BCUT2D eigenvalue weighted by Gasteiger charge is 2.17. The molecule has 0 amide bonds. The van der Waals surface area contributed by atoms with E-state index in [0.717, 1.165) is 13.0 Å². The van der Waals surface area contributed by atoms with Gasteiger partial charge in [-0.2, -0.15) is 0 Å². The first-order chi connectivity index (χ1) is 5.70. The highest BCUT2D eigenvalue weighted by molar-refractivity contribution is 5.76. The van der Waals surface area contributed by atoms with Crippen molar-refractivity contribution in [1.29, 1.82) is 5.41 Å². The fourth-order valence-electron chi connectivity index (χ4n) is 1.75. The number of piperidine rings is 1. The maximum absolute atomic E-state index is 7.13. The van der Waals surface area contributed by atoms with Crippen LogP contribution in [0.4, 0.5) is 0 Å². The van der Waals surface area contributed by atoms with E-state index in [4.69, 9.17) is 11.1 Å². The summed E-state index contributed by atoms with van der Waals surface area (Å²) in [6.45, 7) is 4.42. The van der Waals surface area contributed by atoms with Crippen LogP contribution < -0.4 is 5.73 Å². The molecule has 3 N–H and O–H groups in total. The van der Waals surface area contributed by atoms with Crippen molar-refractivity contribution >= 4 is 5.84 Å². The lowest BCUT2D eigenvalue weighted by Crippen LogP contribution is -2.39. The molecule has 0 aromatic carbocycles. The highest BCUT2D eigenvalue weighted by atomic mass is 15.2. The maximum atomic E-state index is 7.13. The van der Waals surface area contributed by atoms with Crippen molar-refractivity contribution in [3.05, 3.63) is 0 Å². The van der Waals surface area contributed by atoms with Gasteiger partial charge in [-0.1, -0.05) is 6.42 Å². The van der Waals surface area contributed by atoms with Crippen LogP contribution in [0.25, 0.3) is 0 Å². The van der Waals surface area contributed by atoms with Gasteiger partial charge in [-0.15, -0.1) is 0 Å². The monoisotopic (exact) mass is 169 g/mol. The Hall–Kier alpha value is -0.570. The summed E-state index contributed by atoms with van der Waals surface area (Å²) in [6.07, 6.45) is 4.70. The molecule has 0 aromatic heterocycles. The van der Waals surface area contributed by atoms with Gasteiger partial charge in [-0.25, -0.2) is 0 Å². The van der Waals surface area contributed by atoms with E-state index in [9.17, 15) is 0 Å². The molecule has 12 heavy (non-hydrogen) atoms. The van der Waals surface area contributed by atoms with Gasteiger partial charge < -0.3 is 10.6 Å². The fraction of sp³-hybridized carbons (Fsp3) is 0.889. The summed E-state index contributed by atoms with van der Waals surface area (Å²) in [5.74, 6) is 0.313. The van der Waals surface area contributed by atoms with Crippen LogP contribution in [-0.2, 0) is 0 Å². The molecule has 0 aliphatic carbocycles. The number of nitrogens with two attached hydrogens (primary N) is 1. The molecule has 0 aromatic rings. The van der Waals surface area contributed by atoms with E-state index in [1.807, 2.05) is 0 Å². The minimum absolute atomic E-state index is 0.313. The van der Waals surface area contributed by atoms with Gasteiger partial charge >= 0.3 is 0 Å². The number of hydrogen-bond acceptors (Lipinski definition) is 2. The van der Waals surface area contributed by atoms with Crippen LogP contribution in [0.2, 0.25) is 0 Å². The lowest BCUT2D eigenvalue weighted by molar-refractivity contribution is 0.165. The first-order valence-corrected chi connectivity index (χ1v) is 4.77. The van der Waals surface area contributed by atoms with Crippen molar-refractivity contribution in [3.8, 4) is 0 Å². The SMILES string of the molecule is C[C@@H]1CCCCN1CCC(=N)N. The smallest absolute Gasteiger partial charge is 0.0918 e. The summed E-state index contributed by atoms with van der Waals surface area (Å²) >= 11 is 0. The Labute approximate surface area is 74.4 Å². The third kappa shape index (κ3) is 2.81. The predicted octanol–water partition coefficient (Wildman–Crippen LogP) is 1.19. The average Bonchev–Trinajstić information content (AvgIpc) is 2.03. The minimum Gasteiger partial charge on any atom is -0.388 e. The first-order valence-electron chi connectivity index (χ1n) is 4.77. The molecule has 0 spiro atoms. The second-order valence-corrected chi connectivity index (χ2v) is 3.66. The van der Waals surface area contributed by atoms with Crippen molar-refractivity contribution in [1.82, 2.24) is 4.90 Å². The molecule has 3 heteroatoms. The summed E-state index contributed by atoms with van der Waals surface area (Å²) in [6, 6.07) is 0.693. The third-order valence-corrected chi connectivity index (χ3v) is 2.61. The molecule has 1 fully saturated rings. The zero-order valence-electron chi connectivity index (χ0n) is 7.84. The number of likely N-dealkylation sites (tertiary alicyclic amines) is 1. The molecule has 70 valence electrons. The van der Waals surface area contributed by atoms with Crippen LogP contribution in [-0.4, -0.2) is 29.9 Å². The van der Waals surface area contributed by atoms with Crippen molar-refractivity contribution in [2.45, 2.75) is 38.6 Å². The van der Waals surface area contributed by atoms with E-state index in [0.29, 0.717) is 11.9 Å². The normalized spacial score (nSPS) is 25.6. The van der Waals surface area contributed by atoms with E-state index in [1.165, 1.54) is 25.8 Å². The molecular formula is C9H19N3. The van der Waals surface area contributed by atoms with Crippen LogP contribution in [0, 0.1) is 5.41 Å². The molecule has 1 aliphatic heterocycles. The molecule has 1 aliphatic rings. The van der Waals surface area contributed by atoms with Crippen LogP contribution in [0.1, 0.15) is 32.6 Å². The molecule has 1 atom stereocenters. The van der Waals surface area contributed by atoms with Crippen molar-refractivity contribution in [2.75, 3.05) is 13.1 Å². The number of nitrogens with one attached hydrogen (secondary N) is 1. The Morgan fingerprint density at radius 2 is 2.33 bits per heavy atom. The van der Waals surface area contributed by atoms with Crippen molar-refractivity contribution in [3.63, 3.8) is 0 Å². The summed E-state index contributed by atoms with van der Waals surface area (Å²) < 4.78 is 0. The number of hydrogen-bond donors (Lipinski definition) is 2. The van der Waals surface area contributed by atoms with Gasteiger partial charge in [0.15, 0.2) is 0 Å². The van der Waals surface area contributed by atoms with Crippen LogP contribution >= 0.6 is 0 Å². The average molecular weight is 169 g/mol. The van der Waals surface area contributed by atoms with Crippen molar-refractivity contribution in [2.24, 2.45) is 5.73 Å². The van der Waals surface area contributed by atoms with Gasteiger partial charge in [0.2, 0.25) is 0 Å². The predicted molar refractivity (Wildman–Crippen MR) is 51.4 cm³/mol. The standard InChI is InChI=1S/C9H19N3/c1-8-4-2-3-6-12(8)7-5-9(10)11/h8H,2-7H2,1H3,(H3,10,11)/t8-/m1/s1. The summed E-state index contributed by atoms with van der Waals surface area (Å²) in [5.41, 5.74) is 5.31. The highest BCUT2D eigenvalue weighted by Crippen LogP contribution is 2.15. The molecule has 0 saturated carbocycles.